The molecule has 6 heteroatoms. The average Bonchev–Trinajstić information content (AvgIpc) is 3.36. The third kappa shape index (κ3) is 4.39. The van der Waals surface area contributed by atoms with E-state index in [0.29, 0.717) is 12.1 Å². The number of ether oxygens (including phenoxy) is 1. The summed E-state index contributed by atoms with van der Waals surface area (Å²) in [5, 5.41) is 2.80. The first kappa shape index (κ1) is 21.2. The number of carbonyl (C=O) groups is 2. The summed E-state index contributed by atoms with van der Waals surface area (Å²) >= 11 is 1.64. The quantitative estimate of drug-likeness (QED) is 0.514. The van der Waals surface area contributed by atoms with Crippen LogP contribution in [-0.4, -0.2) is 41.1 Å². The topological polar surface area (TPSA) is 60.3 Å². The minimum atomic E-state index is -0.614. The van der Waals surface area contributed by atoms with Gasteiger partial charge in [-0.25, -0.2) is 4.79 Å². The molecule has 1 aliphatic carbocycles. The monoisotopic (exact) mass is 434 g/mol. The van der Waals surface area contributed by atoms with Crippen molar-refractivity contribution < 1.29 is 14.3 Å². The predicted octanol–water partition coefficient (Wildman–Crippen LogP) is 4.87. The molecular weight excluding hydrogens is 408 g/mol. The molecule has 1 amide bonds. The number of aryl methyl sites for hydroxylation is 1. The molecule has 1 aliphatic rings. The zero-order valence-electron chi connectivity index (χ0n) is 17.7. The van der Waals surface area contributed by atoms with Gasteiger partial charge in [0.2, 0.25) is 5.78 Å². The minimum Gasteiger partial charge on any atom is -0.449 e. The van der Waals surface area contributed by atoms with Crippen LogP contribution in [0.5, 0.6) is 0 Å². The third-order valence-corrected chi connectivity index (χ3v) is 6.40. The van der Waals surface area contributed by atoms with E-state index in [1.165, 1.54) is 11.1 Å². The number of benzene rings is 2. The molecule has 0 aliphatic heterocycles. The summed E-state index contributed by atoms with van der Waals surface area (Å²) in [7, 11) is 1.83. The number of nitrogens with one attached hydrogen (secondary N) is 1. The zero-order valence-corrected chi connectivity index (χ0v) is 18.5. The van der Waals surface area contributed by atoms with Crippen molar-refractivity contribution in [2.24, 2.45) is 7.05 Å². The average molecular weight is 435 g/mol. The fourth-order valence-corrected chi connectivity index (χ4v) is 4.65. The largest absolute Gasteiger partial charge is 0.449 e. The van der Waals surface area contributed by atoms with Crippen LogP contribution in [-0.2, 0) is 11.8 Å². The SMILES string of the molecule is CSCC[C@H](NC(=O)OCC1c2ccccc2-c2ccccc21)C(=O)c1cccn1C. The highest BCUT2D eigenvalue weighted by Gasteiger charge is 2.30. The highest BCUT2D eigenvalue weighted by atomic mass is 32.2. The summed E-state index contributed by atoms with van der Waals surface area (Å²) in [5.74, 6) is 0.659. The van der Waals surface area contributed by atoms with Gasteiger partial charge in [0.05, 0.1) is 11.7 Å². The summed E-state index contributed by atoms with van der Waals surface area (Å²) in [6, 6.07) is 19.4. The summed E-state index contributed by atoms with van der Waals surface area (Å²) < 4.78 is 7.40. The number of carbonyl (C=O) groups excluding carboxylic acids is 2. The van der Waals surface area contributed by atoms with Gasteiger partial charge < -0.3 is 14.6 Å². The van der Waals surface area contributed by atoms with Crippen molar-refractivity contribution in [1.29, 1.82) is 0 Å². The van der Waals surface area contributed by atoms with Crippen molar-refractivity contribution in [2.45, 2.75) is 18.4 Å². The zero-order chi connectivity index (χ0) is 21.8. The van der Waals surface area contributed by atoms with Crippen LogP contribution < -0.4 is 5.32 Å². The normalized spacial score (nSPS) is 13.4. The molecule has 160 valence electrons. The Balaban J connectivity index is 1.45. The Kier molecular flexibility index (Phi) is 6.47. The van der Waals surface area contributed by atoms with Crippen LogP contribution in [0.3, 0.4) is 0 Å². The van der Waals surface area contributed by atoms with Gasteiger partial charge in [-0.3, -0.25) is 4.79 Å². The van der Waals surface area contributed by atoms with Crippen LogP contribution in [0.2, 0.25) is 0 Å². The maximum atomic E-state index is 13.0. The first-order valence-corrected chi connectivity index (χ1v) is 11.8. The Morgan fingerprint density at radius 2 is 1.68 bits per heavy atom. The van der Waals surface area contributed by atoms with Crippen molar-refractivity contribution >= 4 is 23.6 Å². The maximum Gasteiger partial charge on any atom is 0.407 e. The molecule has 1 N–H and O–H groups in total. The van der Waals surface area contributed by atoms with Crippen LogP contribution in [0.4, 0.5) is 4.79 Å². The number of hydrogen-bond donors (Lipinski definition) is 1. The molecule has 0 bridgehead atoms. The molecule has 1 heterocycles. The number of Topliss-reactive ketones (excluding diaryl/α,β-unsaturated/α-hetero) is 1. The van der Waals surface area contributed by atoms with E-state index in [2.05, 4.69) is 29.6 Å². The fraction of sp³-hybridized carbons (Fsp3) is 0.280. The number of ketones is 1. The summed E-state index contributed by atoms with van der Waals surface area (Å²) in [5.41, 5.74) is 5.27. The highest BCUT2D eigenvalue weighted by Crippen LogP contribution is 2.44. The van der Waals surface area contributed by atoms with Crippen molar-refractivity contribution in [3.8, 4) is 11.1 Å². The van der Waals surface area contributed by atoms with Crippen LogP contribution in [0, 0.1) is 0 Å². The van der Waals surface area contributed by atoms with Gasteiger partial charge in [-0.05, 0) is 52.8 Å². The lowest BCUT2D eigenvalue weighted by atomic mass is 9.98. The lowest BCUT2D eigenvalue weighted by molar-refractivity contribution is 0.0909. The second-order valence-electron chi connectivity index (χ2n) is 7.67. The number of amides is 1. The van der Waals surface area contributed by atoms with Gasteiger partial charge in [0, 0.05) is 19.2 Å². The van der Waals surface area contributed by atoms with Gasteiger partial charge in [0.15, 0.2) is 0 Å². The number of hydrogen-bond acceptors (Lipinski definition) is 4. The molecule has 0 saturated carbocycles. The van der Waals surface area contributed by atoms with Gasteiger partial charge in [-0.2, -0.15) is 11.8 Å². The summed E-state index contributed by atoms with van der Waals surface area (Å²) in [4.78, 5) is 25.6. The Labute approximate surface area is 186 Å². The van der Waals surface area contributed by atoms with Crippen molar-refractivity contribution in [2.75, 3.05) is 18.6 Å². The van der Waals surface area contributed by atoms with E-state index in [1.807, 2.05) is 49.8 Å². The molecular formula is C25H26N2O3S. The molecule has 0 radical (unpaired) electrons. The van der Waals surface area contributed by atoms with Gasteiger partial charge in [0.25, 0.3) is 0 Å². The molecule has 0 saturated heterocycles. The summed E-state index contributed by atoms with van der Waals surface area (Å²) in [6.07, 6.45) is 3.80. The highest BCUT2D eigenvalue weighted by molar-refractivity contribution is 7.98. The Morgan fingerprint density at radius 1 is 1.03 bits per heavy atom. The second-order valence-corrected chi connectivity index (χ2v) is 8.66. The lowest BCUT2D eigenvalue weighted by Gasteiger charge is -2.19. The van der Waals surface area contributed by atoms with Gasteiger partial charge in [0.1, 0.15) is 6.61 Å². The van der Waals surface area contributed by atoms with Crippen LogP contribution in [0.25, 0.3) is 11.1 Å². The number of aromatic nitrogens is 1. The van der Waals surface area contributed by atoms with Crippen molar-refractivity contribution in [3.05, 3.63) is 83.7 Å². The molecule has 0 unspecified atom stereocenters. The van der Waals surface area contributed by atoms with Crippen LogP contribution in [0.1, 0.15) is 34.0 Å². The van der Waals surface area contributed by atoms with E-state index < -0.39 is 12.1 Å². The number of nitrogens with zero attached hydrogens (tertiary/aromatic N) is 1. The Hall–Kier alpha value is -2.99. The molecule has 2 aromatic carbocycles. The van der Waals surface area contributed by atoms with Crippen molar-refractivity contribution in [3.63, 3.8) is 0 Å². The van der Waals surface area contributed by atoms with E-state index in [9.17, 15) is 9.59 Å². The Bertz CT molecular complexity index is 1050. The lowest BCUT2D eigenvalue weighted by Crippen LogP contribution is -2.42. The molecule has 0 fully saturated rings. The summed E-state index contributed by atoms with van der Waals surface area (Å²) in [6.45, 7) is 0.230. The molecule has 3 aromatic rings. The predicted molar refractivity (Wildman–Crippen MR) is 125 cm³/mol. The van der Waals surface area contributed by atoms with E-state index in [-0.39, 0.29) is 18.3 Å². The number of rotatable bonds is 8. The van der Waals surface area contributed by atoms with Gasteiger partial charge in [-0.1, -0.05) is 48.5 Å². The smallest absolute Gasteiger partial charge is 0.407 e. The van der Waals surface area contributed by atoms with Crippen molar-refractivity contribution in [1.82, 2.24) is 9.88 Å². The van der Waals surface area contributed by atoms with Crippen LogP contribution >= 0.6 is 11.8 Å². The number of alkyl carbamates (subject to hydrolysis) is 1. The number of fused-ring (bicyclic) bond motifs is 3. The Morgan fingerprint density at radius 3 is 2.26 bits per heavy atom. The first-order chi connectivity index (χ1) is 15.1. The number of thioether (sulfide) groups is 1. The van der Waals surface area contributed by atoms with Gasteiger partial charge in [-0.15, -0.1) is 0 Å². The first-order valence-electron chi connectivity index (χ1n) is 10.4. The van der Waals surface area contributed by atoms with E-state index in [1.54, 1.807) is 22.4 Å². The van der Waals surface area contributed by atoms with Gasteiger partial charge >= 0.3 is 6.09 Å². The van der Waals surface area contributed by atoms with E-state index in [4.69, 9.17) is 4.74 Å². The minimum absolute atomic E-state index is 0.00799. The molecule has 0 spiro atoms. The molecule has 1 aromatic heterocycles. The molecule has 5 nitrogen and oxygen atoms in total. The second kappa shape index (κ2) is 9.43. The van der Waals surface area contributed by atoms with Crippen LogP contribution in [0.15, 0.2) is 66.9 Å². The molecule has 31 heavy (non-hydrogen) atoms. The van der Waals surface area contributed by atoms with E-state index in [0.717, 1.165) is 16.9 Å². The van der Waals surface area contributed by atoms with E-state index >= 15 is 0 Å². The molecule has 4 rings (SSSR count). The molecule has 1 atom stereocenters. The third-order valence-electron chi connectivity index (χ3n) is 5.76. The fourth-order valence-electron chi connectivity index (χ4n) is 4.18. The maximum absolute atomic E-state index is 13.0. The standard InChI is InChI=1S/C25H26N2O3S/c1-27-14-7-12-23(27)24(28)22(13-15-31-2)26-25(29)30-16-21-19-10-5-3-8-17(19)18-9-4-6-11-20(18)21/h3-12,14,21-22H,13,15-16H2,1-2H3,(H,26,29)/t22-/m0/s1.